The molecule has 2 aromatic carbocycles. The maximum absolute atomic E-state index is 11.0. The van der Waals surface area contributed by atoms with E-state index in [1.165, 1.54) is 0 Å². The normalized spacial score (nSPS) is 17.9. The Morgan fingerprint density at radius 1 is 1.19 bits per heavy atom. The molecule has 0 radical (unpaired) electrons. The first-order valence-corrected chi connectivity index (χ1v) is 6.85. The van der Waals surface area contributed by atoms with Crippen LogP contribution in [0.15, 0.2) is 42.5 Å². The molecule has 2 unspecified atom stereocenters. The van der Waals surface area contributed by atoms with Gasteiger partial charge in [0, 0.05) is 6.42 Å². The van der Waals surface area contributed by atoms with E-state index < -0.39 is 18.2 Å². The van der Waals surface area contributed by atoms with Crippen molar-refractivity contribution in [2.24, 2.45) is 0 Å². The number of carboxylic acids is 1. The molecule has 0 aliphatic carbocycles. The number of carboxylic acid groups (broad SMARTS) is 1. The van der Waals surface area contributed by atoms with E-state index in [1.54, 1.807) is 6.92 Å². The Kier molecular flexibility index (Phi) is 3.39. The monoisotopic (exact) mass is 284 g/mol. The van der Waals surface area contributed by atoms with Crippen LogP contribution in [0.25, 0.3) is 11.1 Å². The molecule has 1 aliphatic heterocycles. The summed E-state index contributed by atoms with van der Waals surface area (Å²) < 4.78 is 5.38. The van der Waals surface area contributed by atoms with Crippen LogP contribution in [0.1, 0.15) is 24.2 Å². The van der Waals surface area contributed by atoms with Crippen molar-refractivity contribution in [3.63, 3.8) is 0 Å². The molecule has 2 N–H and O–H groups in total. The van der Waals surface area contributed by atoms with Crippen LogP contribution in [0, 0.1) is 0 Å². The predicted octanol–water partition coefficient (Wildman–Crippen LogP) is 2.80. The topological polar surface area (TPSA) is 66.8 Å². The molecule has 0 saturated heterocycles. The van der Waals surface area contributed by atoms with Gasteiger partial charge in [-0.15, -0.1) is 0 Å². The van der Waals surface area contributed by atoms with Crippen molar-refractivity contribution in [1.29, 1.82) is 0 Å². The SMILES string of the molecule is CC(O)c1ccc(-c2ccc3c(c2)CC(C(=O)O)O3)cc1. The van der Waals surface area contributed by atoms with Gasteiger partial charge in [-0.3, -0.25) is 0 Å². The summed E-state index contributed by atoms with van der Waals surface area (Å²) >= 11 is 0. The van der Waals surface area contributed by atoms with Crippen LogP contribution in [-0.2, 0) is 11.2 Å². The lowest BCUT2D eigenvalue weighted by molar-refractivity contribution is -0.144. The molecule has 0 saturated carbocycles. The van der Waals surface area contributed by atoms with Crippen molar-refractivity contribution in [2.75, 3.05) is 0 Å². The molecule has 21 heavy (non-hydrogen) atoms. The van der Waals surface area contributed by atoms with Crippen molar-refractivity contribution in [3.05, 3.63) is 53.6 Å². The third-order valence-corrected chi connectivity index (χ3v) is 3.74. The van der Waals surface area contributed by atoms with E-state index in [0.29, 0.717) is 12.2 Å². The number of benzene rings is 2. The lowest BCUT2D eigenvalue weighted by Crippen LogP contribution is -2.24. The number of aliphatic carboxylic acids is 1. The molecular formula is C17H16O4. The average molecular weight is 284 g/mol. The van der Waals surface area contributed by atoms with Gasteiger partial charge in [-0.05, 0) is 41.3 Å². The number of carbonyl (C=O) groups is 1. The highest BCUT2D eigenvalue weighted by atomic mass is 16.5. The molecule has 1 aliphatic rings. The highest BCUT2D eigenvalue weighted by molar-refractivity contribution is 5.75. The molecule has 0 aromatic heterocycles. The van der Waals surface area contributed by atoms with Gasteiger partial charge < -0.3 is 14.9 Å². The lowest BCUT2D eigenvalue weighted by Gasteiger charge is -2.07. The maximum atomic E-state index is 11.0. The number of fused-ring (bicyclic) bond motifs is 1. The number of hydrogen-bond acceptors (Lipinski definition) is 3. The van der Waals surface area contributed by atoms with E-state index in [2.05, 4.69) is 0 Å². The summed E-state index contributed by atoms with van der Waals surface area (Å²) in [4.78, 5) is 11.0. The van der Waals surface area contributed by atoms with Crippen LogP contribution in [0.2, 0.25) is 0 Å². The first-order chi connectivity index (χ1) is 10.0. The minimum absolute atomic E-state index is 0.393. The Bertz CT molecular complexity index is 674. The summed E-state index contributed by atoms with van der Waals surface area (Å²) in [5.74, 6) is -0.291. The Balaban J connectivity index is 1.88. The molecule has 1 heterocycles. The number of rotatable bonds is 3. The van der Waals surface area contributed by atoms with Gasteiger partial charge in [0.2, 0.25) is 0 Å². The molecule has 0 bridgehead atoms. The second-order valence-electron chi connectivity index (χ2n) is 5.27. The van der Waals surface area contributed by atoms with Crippen LogP contribution in [-0.4, -0.2) is 22.3 Å². The zero-order chi connectivity index (χ0) is 15.0. The van der Waals surface area contributed by atoms with Gasteiger partial charge in [0.15, 0.2) is 6.10 Å². The fourth-order valence-electron chi connectivity index (χ4n) is 2.52. The van der Waals surface area contributed by atoms with Gasteiger partial charge >= 0.3 is 5.97 Å². The van der Waals surface area contributed by atoms with Gasteiger partial charge in [-0.25, -0.2) is 4.79 Å². The van der Waals surface area contributed by atoms with Gasteiger partial charge in [0.25, 0.3) is 0 Å². The standard InChI is InChI=1S/C17H16O4/c1-10(18)11-2-4-12(5-3-11)13-6-7-15-14(8-13)9-16(21-15)17(19)20/h2-8,10,16,18H,9H2,1H3,(H,19,20). The quantitative estimate of drug-likeness (QED) is 0.909. The molecule has 2 aromatic rings. The minimum atomic E-state index is -0.936. The first-order valence-electron chi connectivity index (χ1n) is 6.85. The summed E-state index contributed by atoms with van der Waals surface area (Å²) in [6.07, 6.45) is -0.874. The van der Waals surface area contributed by atoms with Crippen LogP contribution in [0.5, 0.6) is 5.75 Å². The largest absolute Gasteiger partial charge is 0.478 e. The van der Waals surface area contributed by atoms with Crippen molar-refractivity contribution in [2.45, 2.75) is 25.6 Å². The van der Waals surface area contributed by atoms with Gasteiger partial charge in [-0.1, -0.05) is 30.3 Å². The molecule has 2 atom stereocenters. The summed E-state index contributed by atoms with van der Waals surface area (Å²) in [5, 5.41) is 18.5. The van der Waals surface area contributed by atoms with Crippen LogP contribution in [0.3, 0.4) is 0 Å². The third kappa shape index (κ3) is 2.62. The van der Waals surface area contributed by atoms with Gasteiger partial charge in [0.1, 0.15) is 5.75 Å². The highest BCUT2D eigenvalue weighted by Crippen LogP contribution is 2.33. The van der Waals surface area contributed by atoms with E-state index in [4.69, 9.17) is 9.84 Å². The minimum Gasteiger partial charge on any atom is -0.478 e. The molecule has 0 amide bonds. The number of aliphatic hydroxyl groups excluding tert-OH is 1. The summed E-state index contributed by atoms with van der Waals surface area (Å²) in [7, 11) is 0. The summed E-state index contributed by atoms with van der Waals surface area (Å²) in [6.45, 7) is 1.73. The average Bonchev–Trinajstić information content (AvgIpc) is 2.90. The second-order valence-corrected chi connectivity index (χ2v) is 5.27. The smallest absolute Gasteiger partial charge is 0.345 e. The maximum Gasteiger partial charge on any atom is 0.345 e. The molecular weight excluding hydrogens is 268 g/mol. The molecule has 3 rings (SSSR count). The Labute approximate surface area is 122 Å². The fourth-order valence-corrected chi connectivity index (χ4v) is 2.52. The molecule has 0 fully saturated rings. The molecule has 0 spiro atoms. The van der Waals surface area contributed by atoms with E-state index in [0.717, 1.165) is 22.3 Å². The van der Waals surface area contributed by atoms with Crippen molar-refractivity contribution < 1.29 is 19.7 Å². The van der Waals surface area contributed by atoms with E-state index >= 15 is 0 Å². The van der Waals surface area contributed by atoms with Crippen molar-refractivity contribution in [1.82, 2.24) is 0 Å². The summed E-state index contributed by atoms with van der Waals surface area (Å²) in [6, 6.07) is 13.4. The van der Waals surface area contributed by atoms with Crippen molar-refractivity contribution in [3.8, 4) is 16.9 Å². The Morgan fingerprint density at radius 2 is 1.86 bits per heavy atom. The fraction of sp³-hybridized carbons (Fsp3) is 0.235. The number of hydrogen-bond donors (Lipinski definition) is 2. The zero-order valence-corrected chi connectivity index (χ0v) is 11.6. The van der Waals surface area contributed by atoms with Crippen LogP contribution < -0.4 is 4.74 Å². The van der Waals surface area contributed by atoms with Crippen LogP contribution in [0.4, 0.5) is 0 Å². The van der Waals surface area contributed by atoms with E-state index in [9.17, 15) is 9.90 Å². The molecule has 4 nitrogen and oxygen atoms in total. The van der Waals surface area contributed by atoms with Gasteiger partial charge in [-0.2, -0.15) is 0 Å². The number of ether oxygens (including phenoxy) is 1. The number of aliphatic hydroxyl groups is 1. The zero-order valence-electron chi connectivity index (χ0n) is 11.6. The third-order valence-electron chi connectivity index (χ3n) is 3.74. The molecule has 4 heteroatoms. The summed E-state index contributed by atoms with van der Waals surface area (Å²) in [5.41, 5.74) is 3.83. The van der Waals surface area contributed by atoms with E-state index in [-0.39, 0.29) is 0 Å². The van der Waals surface area contributed by atoms with Crippen molar-refractivity contribution >= 4 is 5.97 Å². The predicted molar refractivity (Wildman–Crippen MR) is 78.3 cm³/mol. The second kappa shape index (κ2) is 5.22. The molecule has 108 valence electrons. The highest BCUT2D eigenvalue weighted by Gasteiger charge is 2.28. The van der Waals surface area contributed by atoms with Gasteiger partial charge in [0.05, 0.1) is 6.10 Å². The Hall–Kier alpha value is -2.33. The first kappa shape index (κ1) is 13.6. The van der Waals surface area contributed by atoms with Crippen LogP contribution >= 0.6 is 0 Å². The lowest BCUT2D eigenvalue weighted by atomic mass is 9.99. The van der Waals surface area contributed by atoms with E-state index in [1.807, 2.05) is 42.5 Å². The Morgan fingerprint density at radius 3 is 2.48 bits per heavy atom.